The Balaban J connectivity index is 2.72. The van der Waals surface area contributed by atoms with Crippen LogP contribution >= 0.6 is 11.8 Å². The number of carboxylic acids is 1. The molecule has 0 amide bonds. The quantitative estimate of drug-likeness (QED) is 0.832. The molecule has 98 valence electrons. The highest BCUT2D eigenvalue weighted by Gasteiger charge is 2.28. The standard InChI is InChI=1S/C14H18O3S/c1-9-5-6-11(7-10(9)2)12(15)8-18-14(3,4)13(16)17/h5-7H,8H2,1-4H3,(H,16,17). The summed E-state index contributed by atoms with van der Waals surface area (Å²) in [6.07, 6.45) is 0. The number of hydrogen-bond acceptors (Lipinski definition) is 3. The van der Waals surface area contributed by atoms with Crippen molar-refractivity contribution in [1.29, 1.82) is 0 Å². The van der Waals surface area contributed by atoms with Gasteiger partial charge in [-0.15, -0.1) is 11.8 Å². The lowest BCUT2D eigenvalue weighted by Gasteiger charge is -2.17. The monoisotopic (exact) mass is 266 g/mol. The number of aliphatic carboxylic acids is 1. The van der Waals surface area contributed by atoms with E-state index in [1.165, 1.54) is 0 Å². The molecule has 1 aromatic rings. The fraction of sp³-hybridized carbons (Fsp3) is 0.429. The van der Waals surface area contributed by atoms with Crippen LogP contribution in [-0.4, -0.2) is 27.4 Å². The van der Waals surface area contributed by atoms with Crippen molar-refractivity contribution < 1.29 is 14.7 Å². The van der Waals surface area contributed by atoms with Crippen LogP contribution in [0.5, 0.6) is 0 Å². The van der Waals surface area contributed by atoms with Crippen LogP contribution in [0.15, 0.2) is 18.2 Å². The molecule has 0 aliphatic carbocycles. The number of aryl methyl sites for hydroxylation is 2. The summed E-state index contributed by atoms with van der Waals surface area (Å²) in [5.41, 5.74) is 2.86. The normalized spacial score (nSPS) is 11.3. The highest BCUT2D eigenvalue weighted by molar-refractivity contribution is 8.02. The number of thioether (sulfide) groups is 1. The van der Waals surface area contributed by atoms with E-state index in [0.717, 1.165) is 22.9 Å². The van der Waals surface area contributed by atoms with Crippen LogP contribution in [0.4, 0.5) is 0 Å². The highest BCUT2D eigenvalue weighted by Crippen LogP contribution is 2.25. The maximum atomic E-state index is 12.0. The second-order valence-electron chi connectivity index (χ2n) is 4.83. The summed E-state index contributed by atoms with van der Waals surface area (Å²) in [7, 11) is 0. The lowest BCUT2D eigenvalue weighted by molar-refractivity contribution is -0.138. The molecular formula is C14H18O3S. The summed E-state index contributed by atoms with van der Waals surface area (Å²) < 4.78 is -0.935. The van der Waals surface area contributed by atoms with E-state index in [1.807, 2.05) is 26.0 Å². The number of Topliss-reactive ketones (excluding diaryl/α,β-unsaturated/α-hetero) is 1. The molecule has 0 aliphatic heterocycles. The van der Waals surface area contributed by atoms with E-state index in [2.05, 4.69) is 0 Å². The van der Waals surface area contributed by atoms with Gasteiger partial charge in [0, 0.05) is 5.56 Å². The van der Waals surface area contributed by atoms with Gasteiger partial charge in [0.2, 0.25) is 0 Å². The zero-order chi connectivity index (χ0) is 13.9. The van der Waals surface area contributed by atoms with Crippen molar-refractivity contribution in [3.8, 4) is 0 Å². The Morgan fingerprint density at radius 1 is 1.22 bits per heavy atom. The third-order valence-electron chi connectivity index (χ3n) is 2.91. The first-order valence-electron chi connectivity index (χ1n) is 5.72. The summed E-state index contributed by atoms with van der Waals surface area (Å²) in [6.45, 7) is 7.16. The summed E-state index contributed by atoms with van der Waals surface area (Å²) in [5, 5.41) is 8.97. The summed E-state index contributed by atoms with van der Waals surface area (Å²) in [6, 6.07) is 5.56. The molecule has 0 saturated heterocycles. The number of carbonyl (C=O) groups is 2. The third-order valence-corrected chi connectivity index (χ3v) is 4.21. The van der Waals surface area contributed by atoms with Gasteiger partial charge in [-0.3, -0.25) is 9.59 Å². The molecular weight excluding hydrogens is 248 g/mol. The van der Waals surface area contributed by atoms with Crippen molar-refractivity contribution in [1.82, 2.24) is 0 Å². The Morgan fingerprint density at radius 3 is 2.33 bits per heavy atom. The topological polar surface area (TPSA) is 54.4 Å². The van der Waals surface area contributed by atoms with Gasteiger partial charge in [0.15, 0.2) is 5.78 Å². The minimum atomic E-state index is -0.935. The van der Waals surface area contributed by atoms with Crippen molar-refractivity contribution in [2.45, 2.75) is 32.4 Å². The summed E-state index contributed by atoms with van der Waals surface area (Å²) >= 11 is 1.15. The van der Waals surface area contributed by atoms with E-state index in [-0.39, 0.29) is 11.5 Å². The lowest BCUT2D eigenvalue weighted by Crippen LogP contribution is -2.28. The van der Waals surface area contributed by atoms with E-state index >= 15 is 0 Å². The molecule has 0 fully saturated rings. The van der Waals surface area contributed by atoms with Gasteiger partial charge in [-0.1, -0.05) is 12.1 Å². The van der Waals surface area contributed by atoms with E-state index < -0.39 is 10.7 Å². The molecule has 0 spiro atoms. The molecule has 0 atom stereocenters. The lowest BCUT2D eigenvalue weighted by atomic mass is 10.0. The molecule has 0 bridgehead atoms. The van der Waals surface area contributed by atoms with Crippen molar-refractivity contribution in [3.05, 3.63) is 34.9 Å². The number of ketones is 1. The molecule has 1 rings (SSSR count). The van der Waals surface area contributed by atoms with Gasteiger partial charge in [0.1, 0.15) is 4.75 Å². The molecule has 0 radical (unpaired) electrons. The van der Waals surface area contributed by atoms with Crippen molar-refractivity contribution in [2.24, 2.45) is 0 Å². The predicted molar refractivity (Wildman–Crippen MR) is 74.4 cm³/mol. The Labute approximate surface area is 112 Å². The molecule has 0 aromatic heterocycles. The zero-order valence-corrected chi connectivity index (χ0v) is 11.9. The average Bonchev–Trinajstić information content (AvgIpc) is 2.29. The van der Waals surface area contributed by atoms with Crippen molar-refractivity contribution in [3.63, 3.8) is 0 Å². The van der Waals surface area contributed by atoms with Gasteiger partial charge in [-0.25, -0.2) is 0 Å². The van der Waals surface area contributed by atoms with Crippen LogP contribution in [-0.2, 0) is 4.79 Å². The molecule has 3 nitrogen and oxygen atoms in total. The highest BCUT2D eigenvalue weighted by atomic mass is 32.2. The van der Waals surface area contributed by atoms with E-state index in [4.69, 9.17) is 5.11 Å². The summed E-state index contributed by atoms with van der Waals surface area (Å²) in [4.78, 5) is 22.9. The van der Waals surface area contributed by atoms with Crippen LogP contribution in [0.2, 0.25) is 0 Å². The first kappa shape index (κ1) is 14.8. The first-order valence-corrected chi connectivity index (χ1v) is 6.70. The smallest absolute Gasteiger partial charge is 0.319 e. The minimum Gasteiger partial charge on any atom is -0.480 e. The van der Waals surface area contributed by atoms with Crippen LogP contribution in [0.1, 0.15) is 35.3 Å². The van der Waals surface area contributed by atoms with Gasteiger partial charge in [-0.2, -0.15) is 0 Å². The van der Waals surface area contributed by atoms with E-state index in [1.54, 1.807) is 19.9 Å². The number of carboxylic acid groups (broad SMARTS) is 1. The van der Waals surface area contributed by atoms with Gasteiger partial charge in [0.25, 0.3) is 0 Å². The molecule has 18 heavy (non-hydrogen) atoms. The number of carbonyl (C=O) groups excluding carboxylic acids is 1. The minimum absolute atomic E-state index is 0.0302. The second-order valence-corrected chi connectivity index (χ2v) is 6.42. The van der Waals surface area contributed by atoms with Crippen LogP contribution in [0.3, 0.4) is 0 Å². The van der Waals surface area contributed by atoms with Crippen molar-refractivity contribution in [2.75, 3.05) is 5.75 Å². The fourth-order valence-electron chi connectivity index (χ4n) is 1.31. The Kier molecular flexibility index (Phi) is 4.57. The third kappa shape index (κ3) is 3.60. The zero-order valence-electron chi connectivity index (χ0n) is 11.1. The van der Waals surface area contributed by atoms with Crippen molar-refractivity contribution >= 4 is 23.5 Å². The Morgan fingerprint density at radius 2 is 1.83 bits per heavy atom. The molecule has 0 aliphatic rings. The van der Waals surface area contributed by atoms with Gasteiger partial charge >= 0.3 is 5.97 Å². The SMILES string of the molecule is Cc1ccc(C(=O)CSC(C)(C)C(=O)O)cc1C. The van der Waals surface area contributed by atoms with Crippen LogP contribution in [0, 0.1) is 13.8 Å². The van der Waals surface area contributed by atoms with E-state index in [9.17, 15) is 9.59 Å². The molecule has 0 saturated carbocycles. The molecule has 4 heteroatoms. The number of rotatable bonds is 5. The van der Waals surface area contributed by atoms with Gasteiger partial charge in [-0.05, 0) is 44.9 Å². The average molecular weight is 266 g/mol. The predicted octanol–water partition coefficient (Wildman–Crippen LogP) is 3.08. The number of hydrogen-bond donors (Lipinski definition) is 1. The Bertz CT molecular complexity index is 478. The van der Waals surface area contributed by atoms with Gasteiger partial charge < -0.3 is 5.11 Å². The van der Waals surface area contributed by atoms with Crippen LogP contribution < -0.4 is 0 Å². The van der Waals surface area contributed by atoms with E-state index in [0.29, 0.717) is 5.56 Å². The molecule has 1 N–H and O–H groups in total. The molecule has 0 heterocycles. The number of benzene rings is 1. The maximum Gasteiger partial charge on any atom is 0.319 e. The fourth-order valence-corrected chi connectivity index (χ4v) is 2.09. The maximum absolute atomic E-state index is 12.0. The van der Waals surface area contributed by atoms with Gasteiger partial charge in [0.05, 0.1) is 5.75 Å². The first-order chi connectivity index (χ1) is 8.24. The summed E-state index contributed by atoms with van der Waals surface area (Å²) in [5.74, 6) is -0.750. The van der Waals surface area contributed by atoms with Crippen LogP contribution in [0.25, 0.3) is 0 Å². The molecule has 1 aromatic carbocycles. The second kappa shape index (κ2) is 5.57. The molecule has 0 unspecified atom stereocenters. The Hall–Kier alpha value is -1.29. The largest absolute Gasteiger partial charge is 0.480 e.